The first-order valence-corrected chi connectivity index (χ1v) is 7.21. The molecule has 2 N–H and O–H groups in total. The number of imide groups is 1. The number of likely N-dealkylation sites (tertiary alicyclic amines) is 1. The Balaban J connectivity index is 2.36. The van der Waals surface area contributed by atoms with Gasteiger partial charge >= 0.3 is 0 Å². The van der Waals surface area contributed by atoms with Gasteiger partial charge < -0.3 is 5.73 Å². The molecule has 0 spiro atoms. The zero-order chi connectivity index (χ0) is 14.8. The number of hydrogen-bond donors (Lipinski definition) is 1. The second-order valence-electron chi connectivity index (χ2n) is 5.40. The van der Waals surface area contributed by atoms with E-state index in [0.29, 0.717) is 19.3 Å². The summed E-state index contributed by atoms with van der Waals surface area (Å²) in [5.41, 5.74) is 6.22. The van der Waals surface area contributed by atoms with Crippen molar-refractivity contribution in [2.75, 3.05) is 6.54 Å². The van der Waals surface area contributed by atoms with Crippen LogP contribution in [0.2, 0.25) is 0 Å². The Morgan fingerprint density at radius 1 is 1.20 bits per heavy atom. The summed E-state index contributed by atoms with van der Waals surface area (Å²) < 4.78 is 0. The highest BCUT2D eigenvalue weighted by Gasteiger charge is 2.51. The van der Waals surface area contributed by atoms with E-state index < -0.39 is 5.41 Å². The molecule has 20 heavy (non-hydrogen) atoms. The maximum Gasteiger partial charge on any atom is 0.236 e. The minimum atomic E-state index is -0.528. The number of carbonyl (C=O) groups excluding carboxylic acids is 2. The largest absolute Gasteiger partial charge is 0.328 e. The first kappa shape index (κ1) is 14.7. The van der Waals surface area contributed by atoms with Gasteiger partial charge in [-0.2, -0.15) is 0 Å². The van der Waals surface area contributed by atoms with Crippen LogP contribution in [-0.4, -0.2) is 23.3 Å². The van der Waals surface area contributed by atoms with Gasteiger partial charge in [0.15, 0.2) is 0 Å². The van der Waals surface area contributed by atoms with E-state index in [2.05, 4.69) is 0 Å². The molecule has 1 unspecified atom stereocenters. The van der Waals surface area contributed by atoms with Crippen molar-refractivity contribution in [3.8, 4) is 0 Å². The number of nitrogens with two attached hydrogens (primary N) is 1. The lowest BCUT2D eigenvalue weighted by Gasteiger charge is -2.29. The lowest BCUT2D eigenvalue weighted by molar-refractivity contribution is -0.144. The van der Waals surface area contributed by atoms with Crippen LogP contribution in [-0.2, 0) is 9.59 Å². The Hall–Kier alpha value is -1.68. The normalized spacial score (nSPS) is 19.4. The molecule has 0 radical (unpaired) electrons. The quantitative estimate of drug-likeness (QED) is 0.838. The highest BCUT2D eigenvalue weighted by molar-refractivity contribution is 6.06. The zero-order valence-electron chi connectivity index (χ0n) is 12.1. The zero-order valence-corrected chi connectivity index (χ0v) is 12.1. The van der Waals surface area contributed by atoms with Gasteiger partial charge in [0.1, 0.15) is 0 Å². The highest BCUT2D eigenvalue weighted by Crippen LogP contribution is 2.42. The van der Waals surface area contributed by atoms with E-state index in [4.69, 9.17) is 5.73 Å². The Bertz CT molecular complexity index is 494. The average molecular weight is 274 g/mol. The molecule has 1 aliphatic rings. The molecule has 1 heterocycles. The SMILES string of the molecule is CCC1(CC)CC(=O)N(C(CN)c2ccccc2)C1=O. The first-order chi connectivity index (χ1) is 9.59. The second kappa shape index (κ2) is 5.75. The van der Waals surface area contributed by atoms with Crippen molar-refractivity contribution < 1.29 is 9.59 Å². The van der Waals surface area contributed by atoms with Crippen LogP contribution in [0.15, 0.2) is 30.3 Å². The molecule has 4 heteroatoms. The molecule has 1 fully saturated rings. The van der Waals surface area contributed by atoms with Crippen molar-refractivity contribution in [3.63, 3.8) is 0 Å². The van der Waals surface area contributed by atoms with E-state index in [1.54, 1.807) is 0 Å². The maximum absolute atomic E-state index is 12.7. The summed E-state index contributed by atoms with van der Waals surface area (Å²) in [5.74, 6) is -0.162. The van der Waals surface area contributed by atoms with E-state index in [0.717, 1.165) is 5.56 Å². The minimum absolute atomic E-state index is 0.0631. The number of nitrogens with zero attached hydrogens (tertiary/aromatic N) is 1. The predicted octanol–water partition coefficient (Wildman–Crippen LogP) is 2.25. The lowest BCUT2D eigenvalue weighted by atomic mass is 9.81. The summed E-state index contributed by atoms with van der Waals surface area (Å²) in [5, 5.41) is 0. The number of rotatable bonds is 5. The van der Waals surface area contributed by atoms with Crippen molar-refractivity contribution in [1.29, 1.82) is 0 Å². The number of carbonyl (C=O) groups is 2. The van der Waals surface area contributed by atoms with Crippen LogP contribution in [0.5, 0.6) is 0 Å². The predicted molar refractivity (Wildman–Crippen MR) is 77.7 cm³/mol. The van der Waals surface area contributed by atoms with Crippen LogP contribution in [0.1, 0.15) is 44.7 Å². The summed E-state index contributed by atoms with van der Waals surface area (Å²) >= 11 is 0. The van der Waals surface area contributed by atoms with E-state index in [1.165, 1.54) is 4.90 Å². The Kier molecular flexibility index (Phi) is 4.23. The first-order valence-electron chi connectivity index (χ1n) is 7.21. The third-order valence-corrected chi connectivity index (χ3v) is 4.50. The molecule has 4 nitrogen and oxygen atoms in total. The molecule has 1 aliphatic heterocycles. The van der Waals surface area contributed by atoms with Crippen molar-refractivity contribution in [2.45, 2.75) is 39.2 Å². The number of amides is 2. The van der Waals surface area contributed by atoms with Crippen molar-refractivity contribution >= 4 is 11.8 Å². The van der Waals surface area contributed by atoms with Crippen molar-refractivity contribution in [3.05, 3.63) is 35.9 Å². The molecule has 1 saturated heterocycles. The molecule has 108 valence electrons. The van der Waals surface area contributed by atoms with E-state index in [1.807, 2.05) is 44.2 Å². The molecular formula is C16H22N2O2. The Labute approximate surface area is 119 Å². The van der Waals surface area contributed by atoms with E-state index >= 15 is 0 Å². The second-order valence-corrected chi connectivity index (χ2v) is 5.40. The summed E-state index contributed by atoms with van der Waals surface area (Å²) in [4.78, 5) is 26.5. The Morgan fingerprint density at radius 3 is 2.25 bits per heavy atom. The van der Waals surface area contributed by atoms with E-state index in [-0.39, 0.29) is 24.4 Å². The van der Waals surface area contributed by atoms with Gasteiger partial charge in [0.05, 0.1) is 11.5 Å². The van der Waals surface area contributed by atoms with Crippen LogP contribution in [0.25, 0.3) is 0 Å². The fraction of sp³-hybridized carbons (Fsp3) is 0.500. The molecule has 0 aromatic heterocycles. The van der Waals surface area contributed by atoms with Gasteiger partial charge in [-0.05, 0) is 18.4 Å². The van der Waals surface area contributed by atoms with Gasteiger partial charge in [0, 0.05) is 13.0 Å². The molecule has 0 bridgehead atoms. The monoisotopic (exact) mass is 274 g/mol. The number of benzene rings is 1. The summed E-state index contributed by atoms with van der Waals surface area (Å²) in [7, 11) is 0. The van der Waals surface area contributed by atoms with Gasteiger partial charge in [0.25, 0.3) is 0 Å². The van der Waals surface area contributed by atoms with Gasteiger partial charge in [-0.1, -0.05) is 44.2 Å². The third-order valence-electron chi connectivity index (χ3n) is 4.50. The van der Waals surface area contributed by atoms with Crippen LogP contribution < -0.4 is 5.73 Å². The Morgan fingerprint density at radius 2 is 1.80 bits per heavy atom. The van der Waals surface area contributed by atoms with Crippen molar-refractivity contribution in [2.24, 2.45) is 11.1 Å². The molecule has 1 atom stereocenters. The minimum Gasteiger partial charge on any atom is -0.328 e. The molecule has 1 aromatic carbocycles. The van der Waals surface area contributed by atoms with Crippen LogP contribution in [0.4, 0.5) is 0 Å². The van der Waals surface area contributed by atoms with Gasteiger partial charge in [0.2, 0.25) is 11.8 Å². The maximum atomic E-state index is 12.7. The number of hydrogen-bond acceptors (Lipinski definition) is 3. The summed E-state index contributed by atoms with van der Waals surface area (Å²) in [6.07, 6.45) is 1.69. The highest BCUT2D eigenvalue weighted by atomic mass is 16.2. The molecule has 0 saturated carbocycles. The molecular weight excluding hydrogens is 252 g/mol. The van der Waals surface area contributed by atoms with Crippen LogP contribution >= 0.6 is 0 Å². The molecule has 2 rings (SSSR count). The summed E-state index contributed by atoms with van der Waals surface area (Å²) in [6.45, 7) is 4.20. The third kappa shape index (κ3) is 2.24. The van der Waals surface area contributed by atoms with Gasteiger partial charge in [-0.25, -0.2) is 0 Å². The standard InChI is InChI=1S/C16H22N2O2/c1-3-16(4-2)10-14(19)18(15(16)20)13(11-17)12-8-6-5-7-9-12/h5-9,13H,3-4,10-11,17H2,1-2H3. The topological polar surface area (TPSA) is 63.4 Å². The lowest BCUT2D eigenvalue weighted by Crippen LogP contribution is -2.40. The fourth-order valence-electron chi connectivity index (χ4n) is 3.00. The van der Waals surface area contributed by atoms with E-state index in [9.17, 15) is 9.59 Å². The summed E-state index contributed by atoms with van der Waals surface area (Å²) in [6, 6.07) is 9.18. The van der Waals surface area contributed by atoms with Gasteiger partial charge in [-0.15, -0.1) is 0 Å². The average Bonchev–Trinajstić information content (AvgIpc) is 2.74. The van der Waals surface area contributed by atoms with Crippen LogP contribution in [0, 0.1) is 5.41 Å². The molecule has 1 aromatic rings. The van der Waals surface area contributed by atoms with Crippen LogP contribution in [0.3, 0.4) is 0 Å². The molecule has 0 aliphatic carbocycles. The molecule has 2 amide bonds. The fourth-order valence-corrected chi connectivity index (χ4v) is 3.00. The van der Waals surface area contributed by atoms with Crippen molar-refractivity contribution in [1.82, 2.24) is 4.90 Å². The van der Waals surface area contributed by atoms with Gasteiger partial charge in [-0.3, -0.25) is 14.5 Å². The smallest absolute Gasteiger partial charge is 0.236 e.